The van der Waals surface area contributed by atoms with Gasteiger partial charge in [-0.25, -0.2) is 4.98 Å². The second-order valence-corrected chi connectivity index (χ2v) is 5.26. The normalized spacial score (nSPS) is 11.9. The molecule has 2 rings (SSSR count). The highest BCUT2D eigenvalue weighted by Gasteiger charge is 2.20. The lowest BCUT2D eigenvalue weighted by Gasteiger charge is -2.10. The third-order valence-electron chi connectivity index (χ3n) is 2.86. The summed E-state index contributed by atoms with van der Waals surface area (Å²) in [6, 6.07) is 12.6. The van der Waals surface area contributed by atoms with Gasteiger partial charge in [-0.05, 0) is 5.56 Å². The zero-order valence-corrected chi connectivity index (χ0v) is 12.4. The number of aromatic nitrogens is 1. The van der Waals surface area contributed by atoms with Crippen molar-refractivity contribution in [2.75, 3.05) is 7.11 Å². The molecule has 0 saturated carbocycles. The largest absolute Gasteiger partial charge is 0.481 e. The van der Waals surface area contributed by atoms with Gasteiger partial charge < -0.3 is 4.74 Å². The van der Waals surface area contributed by atoms with E-state index in [1.165, 1.54) is 19.2 Å². The first-order valence-electron chi connectivity index (χ1n) is 5.99. The van der Waals surface area contributed by atoms with E-state index in [0.717, 1.165) is 5.56 Å². The lowest BCUT2D eigenvalue weighted by Crippen LogP contribution is -2.04. The van der Waals surface area contributed by atoms with E-state index >= 15 is 0 Å². The summed E-state index contributed by atoms with van der Waals surface area (Å²) in [5.74, 6) is 0.373. The molecule has 2 aromatic rings. The molecule has 104 valence electrons. The number of nitro groups is 1. The molecule has 0 radical (unpaired) electrons. The molecule has 1 unspecified atom stereocenters. The van der Waals surface area contributed by atoms with Crippen LogP contribution in [0.2, 0.25) is 0 Å². The van der Waals surface area contributed by atoms with Crippen LogP contribution in [0.1, 0.15) is 16.1 Å². The van der Waals surface area contributed by atoms with Crippen LogP contribution in [0.3, 0.4) is 0 Å². The molecule has 1 heterocycles. The van der Waals surface area contributed by atoms with E-state index in [9.17, 15) is 10.1 Å². The number of ether oxygens (including phenoxy) is 1. The van der Waals surface area contributed by atoms with Gasteiger partial charge >= 0.3 is 0 Å². The zero-order valence-electron chi connectivity index (χ0n) is 10.8. The van der Waals surface area contributed by atoms with Crippen LogP contribution in [0.25, 0.3) is 0 Å². The third-order valence-corrected chi connectivity index (χ3v) is 3.72. The average Bonchev–Trinajstić information content (AvgIpc) is 2.47. The second kappa shape index (κ2) is 6.47. The van der Waals surface area contributed by atoms with Crippen molar-refractivity contribution >= 4 is 21.6 Å². The van der Waals surface area contributed by atoms with Crippen molar-refractivity contribution < 1.29 is 9.66 Å². The number of hydrogen-bond donors (Lipinski definition) is 0. The minimum atomic E-state index is -0.424. The number of benzene rings is 1. The second-order valence-electron chi connectivity index (χ2n) is 4.16. The molecule has 6 heteroatoms. The Morgan fingerprint density at radius 2 is 2.00 bits per heavy atom. The van der Waals surface area contributed by atoms with Gasteiger partial charge in [0.05, 0.1) is 12.0 Å². The summed E-state index contributed by atoms with van der Waals surface area (Å²) in [6.07, 6.45) is 0.414. The maximum atomic E-state index is 11.0. The first-order chi connectivity index (χ1) is 9.61. The van der Waals surface area contributed by atoms with E-state index < -0.39 is 4.92 Å². The van der Waals surface area contributed by atoms with Crippen molar-refractivity contribution in [2.24, 2.45) is 0 Å². The zero-order chi connectivity index (χ0) is 14.5. The van der Waals surface area contributed by atoms with Crippen LogP contribution in [-0.2, 0) is 6.42 Å². The van der Waals surface area contributed by atoms with Gasteiger partial charge in [0.1, 0.15) is 5.69 Å². The Hall–Kier alpha value is -1.95. The number of methoxy groups -OCH3 is 1. The molecule has 5 nitrogen and oxygen atoms in total. The first kappa shape index (κ1) is 14.5. The summed E-state index contributed by atoms with van der Waals surface area (Å²) in [7, 11) is 1.49. The maximum Gasteiger partial charge on any atom is 0.291 e. The molecule has 0 aliphatic heterocycles. The number of pyridine rings is 1. The van der Waals surface area contributed by atoms with Gasteiger partial charge in [0, 0.05) is 23.4 Å². The molecule has 1 aromatic carbocycles. The van der Waals surface area contributed by atoms with E-state index in [2.05, 4.69) is 20.9 Å². The van der Waals surface area contributed by atoms with E-state index in [0.29, 0.717) is 18.0 Å². The summed E-state index contributed by atoms with van der Waals surface area (Å²) in [4.78, 5) is 14.8. The van der Waals surface area contributed by atoms with Crippen LogP contribution in [0.5, 0.6) is 5.88 Å². The molecule has 20 heavy (non-hydrogen) atoms. The summed E-state index contributed by atoms with van der Waals surface area (Å²) in [6.45, 7) is 0. The number of hydrogen-bond acceptors (Lipinski definition) is 4. The Morgan fingerprint density at radius 1 is 1.30 bits per heavy atom. The van der Waals surface area contributed by atoms with Crippen molar-refractivity contribution in [1.29, 1.82) is 0 Å². The van der Waals surface area contributed by atoms with Crippen LogP contribution in [-0.4, -0.2) is 17.0 Å². The molecule has 1 atom stereocenters. The van der Waals surface area contributed by atoms with Crippen LogP contribution in [0.15, 0.2) is 42.5 Å². The van der Waals surface area contributed by atoms with Crippen LogP contribution >= 0.6 is 15.9 Å². The molecule has 0 bridgehead atoms. The molecule has 1 aromatic heterocycles. The van der Waals surface area contributed by atoms with E-state index in [1.807, 2.05) is 30.3 Å². The van der Waals surface area contributed by atoms with Gasteiger partial charge in [0.25, 0.3) is 5.69 Å². The number of halogens is 1. The average molecular weight is 337 g/mol. The smallest absolute Gasteiger partial charge is 0.291 e. The van der Waals surface area contributed by atoms with Gasteiger partial charge in [0.15, 0.2) is 0 Å². The fraction of sp³-hybridized carbons (Fsp3) is 0.214. The highest BCUT2D eigenvalue weighted by Crippen LogP contribution is 2.30. The summed E-state index contributed by atoms with van der Waals surface area (Å²) < 4.78 is 5.03. The Bertz CT molecular complexity index is 605. The number of alkyl halides is 1. The fourth-order valence-corrected chi connectivity index (χ4v) is 2.47. The quantitative estimate of drug-likeness (QED) is 0.474. The highest BCUT2D eigenvalue weighted by molar-refractivity contribution is 9.09. The van der Waals surface area contributed by atoms with Gasteiger partial charge in [-0.1, -0.05) is 46.3 Å². The first-order valence-corrected chi connectivity index (χ1v) is 6.90. The van der Waals surface area contributed by atoms with Gasteiger partial charge in [-0.2, -0.15) is 0 Å². The Morgan fingerprint density at radius 3 is 2.60 bits per heavy atom. The molecule has 0 N–H and O–H groups in total. The van der Waals surface area contributed by atoms with E-state index in [-0.39, 0.29) is 10.5 Å². The molecule has 0 spiro atoms. The Labute approximate surface area is 124 Å². The van der Waals surface area contributed by atoms with Gasteiger partial charge in [0.2, 0.25) is 5.88 Å². The maximum absolute atomic E-state index is 11.0. The summed E-state index contributed by atoms with van der Waals surface area (Å²) in [5, 5.41) is 11.0. The van der Waals surface area contributed by atoms with Gasteiger partial charge in [-0.3, -0.25) is 10.1 Å². The predicted molar refractivity (Wildman–Crippen MR) is 79.3 cm³/mol. The van der Waals surface area contributed by atoms with E-state index in [1.54, 1.807) is 0 Å². The summed E-state index contributed by atoms with van der Waals surface area (Å²) in [5.41, 5.74) is 1.46. The molecule has 0 aliphatic carbocycles. The fourth-order valence-electron chi connectivity index (χ4n) is 1.85. The van der Waals surface area contributed by atoms with E-state index in [4.69, 9.17) is 4.74 Å². The SMILES string of the molecule is COc1ccc([N+](=O)[O-])c(CC(Br)c2ccccc2)n1. The van der Waals surface area contributed by atoms with Gasteiger partial charge in [-0.15, -0.1) is 0 Å². The minimum Gasteiger partial charge on any atom is -0.481 e. The third kappa shape index (κ3) is 3.33. The minimum absolute atomic E-state index is 0.00572. The standard InChI is InChI=1S/C14H13BrN2O3/c1-20-14-8-7-13(17(18)19)12(16-14)9-11(15)10-5-3-2-4-6-10/h2-8,11H,9H2,1H3. The van der Waals surface area contributed by atoms with Crippen LogP contribution in [0, 0.1) is 10.1 Å². The van der Waals surface area contributed by atoms with Crippen molar-refractivity contribution in [3.63, 3.8) is 0 Å². The highest BCUT2D eigenvalue weighted by atomic mass is 79.9. The molecule has 0 amide bonds. The monoisotopic (exact) mass is 336 g/mol. The Kier molecular flexibility index (Phi) is 4.68. The topological polar surface area (TPSA) is 65.3 Å². The number of nitrogens with zero attached hydrogens (tertiary/aromatic N) is 2. The van der Waals surface area contributed by atoms with Crippen molar-refractivity contribution in [1.82, 2.24) is 4.98 Å². The number of rotatable bonds is 5. The lowest BCUT2D eigenvalue weighted by atomic mass is 10.1. The van der Waals surface area contributed by atoms with Crippen molar-refractivity contribution in [3.05, 3.63) is 63.8 Å². The molecule has 0 fully saturated rings. The van der Waals surface area contributed by atoms with Crippen LogP contribution in [0.4, 0.5) is 5.69 Å². The summed E-state index contributed by atoms with van der Waals surface area (Å²) >= 11 is 3.55. The van der Waals surface area contributed by atoms with Crippen molar-refractivity contribution in [3.8, 4) is 5.88 Å². The van der Waals surface area contributed by atoms with Crippen molar-refractivity contribution in [2.45, 2.75) is 11.2 Å². The molecule has 0 saturated heterocycles. The molecule has 0 aliphatic rings. The van der Waals surface area contributed by atoms with Crippen LogP contribution < -0.4 is 4.74 Å². The predicted octanol–water partition coefficient (Wildman–Crippen LogP) is 3.68. The Balaban J connectivity index is 2.29. The molecular formula is C14H13BrN2O3. The molecular weight excluding hydrogens is 324 g/mol. The lowest BCUT2D eigenvalue weighted by molar-refractivity contribution is -0.386.